The molecular weight excluding hydrogens is 657 g/mol. The number of pyridine rings is 1. The SMILES string of the molecule is CS(=O)(=O)Nc1cccc(C(=O)O[C@@H](Cc2c(Cl)c[n+]([O-])cc2Cl)c2ccc(OC(F)F)c(OCC3CC3)c2)c1OCC1CC1. The zero-order chi connectivity index (χ0) is 32.3. The highest BCUT2D eigenvalue weighted by Crippen LogP contribution is 2.39. The van der Waals surface area contributed by atoms with Gasteiger partial charge in [0.1, 0.15) is 21.7 Å². The smallest absolute Gasteiger partial charge is 0.387 e. The predicted octanol–water partition coefficient (Wildman–Crippen LogP) is 6.32. The molecule has 45 heavy (non-hydrogen) atoms. The van der Waals surface area contributed by atoms with E-state index in [0.717, 1.165) is 44.3 Å². The predicted molar refractivity (Wildman–Crippen MR) is 162 cm³/mol. The van der Waals surface area contributed by atoms with Gasteiger partial charge in [0.2, 0.25) is 10.0 Å². The summed E-state index contributed by atoms with van der Waals surface area (Å²) in [4.78, 5) is 13.8. The minimum atomic E-state index is -3.73. The van der Waals surface area contributed by atoms with Crippen LogP contribution in [-0.4, -0.2) is 40.5 Å². The summed E-state index contributed by atoms with van der Waals surface area (Å²) in [6.45, 7) is -2.55. The van der Waals surface area contributed by atoms with Crippen molar-refractivity contribution in [1.29, 1.82) is 0 Å². The lowest BCUT2D eigenvalue weighted by Gasteiger charge is -2.22. The molecule has 3 aromatic rings. The van der Waals surface area contributed by atoms with E-state index in [4.69, 9.17) is 37.4 Å². The number of nitrogens with zero attached hydrogens (tertiary/aromatic N) is 1. The van der Waals surface area contributed by atoms with Gasteiger partial charge in [-0.3, -0.25) is 4.72 Å². The number of halogens is 4. The number of hydrogen-bond donors (Lipinski definition) is 1. The number of carbonyl (C=O) groups excluding carboxylic acids is 1. The monoisotopic (exact) mass is 686 g/mol. The Labute approximate surface area is 268 Å². The topological polar surface area (TPSA) is 127 Å². The van der Waals surface area contributed by atoms with Crippen molar-refractivity contribution in [2.75, 3.05) is 24.2 Å². The van der Waals surface area contributed by atoms with Gasteiger partial charge in [0, 0.05) is 12.0 Å². The molecule has 1 aromatic heterocycles. The molecule has 2 aromatic carbocycles. The van der Waals surface area contributed by atoms with E-state index in [-0.39, 0.29) is 69.7 Å². The van der Waals surface area contributed by atoms with Crippen LogP contribution < -0.4 is 23.7 Å². The fraction of sp³-hybridized carbons (Fsp3) is 0.400. The largest absolute Gasteiger partial charge is 0.619 e. The van der Waals surface area contributed by atoms with Crippen molar-refractivity contribution < 1.29 is 45.7 Å². The summed E-state index contributed by atoms with van der Waals surface area (Å²) in [7, 11) is -3.73. The highest BCUT2D eigenvalue weighted by atomic mass is 35.5. The maximum atomic E-state index is 13.8. The van der Waals surface area contributed by atoms with Gasteiger partial charge in [-0.1, -0.05) is 35.3 Å². The van der Waals surface area contributed by atoms with Crippen molar-refractivity contribution in [1.82, 2.24) is 0 Å². The first-order chi connectivity index (χ1) is 21.4. The fourth-order valence-electron chi connectivity index (χ4n) is 4.47. The van der Waals surface area contributed by atoms with E-state index in [1.54, 1.807) is 0 Å². The van der Waals surface area contributed by atoms with E-state index in [2.05, 4.69) is 9.46 Å². The van der Waals surface area contributed by atoms with Gasteiger partial charge in [-0.2, -0.15) is 13.5 Å². The molecule has 0 bridgehead atoms. The molecule has 0 spiro atoms. The summed E-state index contributed by atoms with van der Waals surface area (Å²) in [6, 6.07) is 8.52. The molecule has 0 unspecified atom stereocenters. The van der Waals surface area contributed by atoms with Crippen molar-refractivity contribution >= 4 is 44.9 Å². The first kappa shape index (κ1) is 32.8. The van der Waals surface area contributed by atoms with Crippen LogP contribution in [0.4, 0.5) is 14.5 Å². The lowest BCUT2D eigenvalue weighted by Crippen LogP contribution is -2.25. The maximum Gasteiger partial charge on any atom is 0.387 e. The van der Waals surface area contributed by atoms with E-state index in [9.17, 15) is 27.2 Å². The average molecular weight is 688 g/mol. The average Bonchev–Trinajstić information content (AvgIpc) is 3.87. The third kappa shape index (κ3) is 9.24. The number of rotatable bonds is 15. The number of hydrogen-bond acceptors (Lipinski definition) is 8. The summed E-state index contributed by atoms with van der Waals surface area (Å²) >= 11 is 12.7. The molecule has 1 N–H and O–H groups in total. The van der Waals surface area contributed by atoms with Gasteiger partial charge in [-0.25, -0.2) is 13.2 Å². The molecule has 15 heteroatoms. The van der Waals surface area contributed by atoms with E-state index in [1.807, 2.05) is 0 Å². The molecule has 2 saturated carbocycles. The Morgan fingerprint density at radius 3 is 2.27 bits per heavy atom. The Morgan fingerprint density at radius 1 is 1.02 bits per heavy atom. The number of benzene rings is 2. The molecule has 2 aliphatic carbocycles. The number of carbonyl (C=O) groups is 1. The molecule has 242 valence electrons. The number of esters is 1. The van der Waals surface area contributed by atoms with Gasteiger partial charge in [0.05, 0.1) is 25.2 Å². The summed E-state index contributed by atoms with van der Waals surface area (Å²) in [5.41, 5.74) is 0.615. The van der Waals surface area contributed by atoms with Crippen LogP contribution in [0.5, 0.6) is 17.2 Å². The zero-order valence-corrected chi connectivity index (χ0v) is 26.3. The molecule has 10 nitrogen and oxygen atoms in total. The lowest BCUT2D eigenvalue weighted by atomic mass is 10.0. The van der Waals surface area contributed by atoms with Gasteiger partial charge in [0.25, 0.3) is 0 Å². The van der Waals surface area contributed by atoms with Crippen LogP contribution in [0.1, 0.15) is 53.3 Å². The Hall–Kier alpha value is -3.55. The molecule has 0 amide bonds. The van der Waals surface area contributed by atoms with Gasteiger partial charge in [-0.15, -0.1) is 0 Å². The molecule has 2 aliphatic rings. The van der Waals surface area contributed by atoms with Crippen LogP contribution in [0.25, 0.3) is 0 Å². The van der Waals surface area contributed by atoms with Crippen LogP contribution >= 0.6 is 23.2 Å². The van der Waals surface area contributed by atoms with Gasteiger partial charge in [0.15, 0.2) is 29.6 Å². The first-order valence-electron chi connectivity index (χ1n) is 14.1. The Kier molecular flexibility index (Phi) is 10.1. The summed E-state index contributed by atoms with van der Waals surface area (Å²) < 4.78 is 75.7. The molecule has 1 atom stereocenters. The molecule has 0 aliphatic heterocycles. The van der Waals surface area contributed by atoms with Crippen LogP contribution in [0.15, 0.2) is 48.8 Å². The highest BCUT2D eigenvalue weighted by molar-refractivity contribution is 7.92. The fourth-order valence-corrected chi connectivity index (χ4v) is 5.63. The number of nitrogens with one attached hydrogen (secondary N) is 1. The second-order valence-electron chi connectivity index (χ2n) is 11.0. The second-order valence-corrected chi connectivity index (χ2v) is 13.6. The van der Waals surface area contributed by atoms with Crippen LogP contribution in [-0.2, 0) is 21.2 Å². The minimum absolute atomic E-state index is 0.00381. The number of ether oxygens (including phenoxy) is 4. The van der Waals surface area contributed by atoms with E-state index in [0.29, 0.717) is 16.2 Å². The molecule has 0 radical (unpaired) electrons. The number of aromatic nitrogens is 1. The summed E-state index contributed by atoms with van der Waals surface area (Å²) in [5.74, 6) is -0.477. The minimum Gasteiger partial charge on any atom is -0.619 e. The van der Waals surface area contributed by atoms with Crippen molar-refractivity contribution in [3.63, 3.8) is 0 Å². The Bertz CT molecular complexity index is 1650. The zero-order valence-electron chi connectivity index (χ0n) is 24.0. The van der Waals surface area contributed by atoms with Crippen molar-refractivity contribution in [3.8, 4) is 17.2 Å². The van der Waals surface area contributed by atoms with Crippen LogP contribution in [0.3, 0.4) is 0 Å². The van der Waals surface area contributed by atoms with Crippen molar-refractivity contribution in [2.24, 2.45) is 11.8 Å². The Balaban J connectivity index is 1.52. The number of alkyl halides is 2. The van der Waals surface area contributed by atoms with Crippen LogP contribution in [0.2, 0.25) is 10.0 Å². The summed E-state index contributed by atoms with van der Waals surface area (Å²) in [5, 5.41) is 11.9. The second kappa shape index (κ2) is 13.8. The standard InChI is InChI=1S/C30H30Cl2F2N2O8S/c1-45(39,40)35-24-4-2-3-20(28(24)42-16-18-7-8-18)29(37)43-26(12-21-22(31)13-36(38)14-23(21)32)19-9-10-25(44-30(33)34)27(11-19)41-15-17-5-6-17/h2-4,9-11,13-14,17-18,26,30,35H,5-8,12,15-16H2,1H3/t26-/m0/s1. The number of sulfonamides is 1. The van der Waals surface area contributed by atoms with Gasteiger partial charge < -0.3 is 24.2 Å². The van der Waals surface area contributed by atoms with Gasteiger partial charge >= 0.3 is 12.6 Å². The van der Waals surface area contributed by atoms with Crippen molar-refractivity contribution in [3.05, 3.63) is 80.7 Å². The number of para-hydroxylation sites is 1. The maximum absolute atomic E-state index is 13.8. The van der Waals surface area contributed by atoms with Crippen LogP contribution in [0, 0.1) is 17.0 Å². The first-order valence-corrected chi connectivity index (χ1v) is 16.7. The van der Waals surface area contributed by atoms with E-state index in [1.165, 1.54) is 36.4 Å². The molecule has 2 fully saturated rings. The molecule has 0 saturated heterocycles. The molecular formula is C30H30Cl2F2N2O8S. The molecule has 1 heterocycles. The highest BCUT2D eigenvalue weighted by Gasteiger charge is 2.29. The van der Waals surface area contributed by atoms with E-state index >= 15 is 0 Å². The lowest BCUT2D eigenvalue weighted by molar-refractivity contribution is -0.605. The normalized spacial score (nSPS) is 15.4. The van der Waals surface area contributed by atoms with Gasteiger partial charge in [-0.05, 0) is 67.3 Å². The summed E-state index contributed by atoms with van der Waals surface area (Å²) in [6.07, 6.45) is 5.70. The Morgan fingerprint density at radius 2 is 1.67 bits per heavy atom. The third-order valence-corrected chi connectivity index (χ3v) is 8.36. The third-order valence-electron chi connectivity index (χ3n) is 7.11. The van der Waals surface area contributed by atoms with Crippen molar-refractivity contribution in [2.45, 2.75) is 44.8 Å². The van der Waals surface area contributed by atoms with E-state index < -0.39 is 28.7 Å². The molecule has 5 rings (SSSR count). The number of anilines is 1. The quantitative estimate of drug-likeness (QED) is 0.112.